The molecule has 0 spiro atoms. The lowest BCUT2D eigenvalue weighted by atomic mass is 9.82. The molecule has 3 rings (SSSR count). The summed E-state index contributed by atoms with van der Waals surface area (Å²) in [7, 11) is -0.359. The maximum absolute atomic E-state index is 6.09. The van der Waals surface area contributed by atoms with Crippen LogP contribution in [0.15, 0.2) is 36.7 Å². The first-order valence-electron chi connectivity index (χ1n) is 8.95. The molecule has 0 atom stereocenters. The van der Waals surface area contributed by atoms with Crippen molar-refractivity contribution in [2.45, 2.75) is 71.6 Å². The van der Waals surface area contributed by atoms with Crippen molar-refractivity contribution in [3.63, 3.8) is 0 Å². The average molecular weight is 340 g/mol. The van der Waals surface area contributed by atoms with E-state index in [-0.39, 0.29) is 23.7 Å². The third kappa shape index (κ3) is 3.68. The van der Waals surface area contributed by atoms with E-state index in [1.807, 2.05) is 17.1 Å². The van der Waals surface area contributed by atoms with Gasteiger partial charge < -0.3 is 9.31 Å². The van der Waals surface area contributed by atoms with Crippen LogP contribution in [0.3, 0.4) is 0 Å². The lowest BCUT2D eigenvalue weighted by Crippen LogP contribution is -2.41. The molecule has 1 aromatic carbocycles. The SMILES string of the molecule is CC(C)(C)c1ccc(Cn2cc(B3OC(C)(C)C(C)(C)O3)cn2)cc1. The first kappa shape index (κ1) is 18.2. The number of hydrogen-bond donors (Lipinski definition) is 0. The van der Waals surface area contributed by atoms with Crippen molar-refractivity contribution in [1.29, 1.82) is 0 Å². The summed E-state index contributed by atoms with van der Waals surface area (Å²) in [5.74, 6) is 0. The van der Waals surface area contributed by atoms with Crippen LogP contribution >= 0.6 is 0 Å². The molecule has 1 aliphatic heterocycles. The Bertz CT molecular complexity index is 726. The quantitative estimate of drug-likeness (QED) is 0.802. The number of benzene rings is 1. The summed E-state index contributed by atoms with van der Waals surface area (Å²) < 4.78 is 14.1. The van der Waals surface area contributed by atoms with Gasteiger partial charge in [0.1, 0.15) is 0 Å². The van der Waals surface area contributed by atoms with E-state index in [1.165, 1.54) is 11.1 Å². The molecule has 1 saturated heterocycles. The predicted molar refractivity (Wildman–Crippen MR) is 102 cm³/mol. The van der Waals surface area contributed by atoms with E-state index >= 15 is 0 Å². The zero-order valence-electron chi connectivity index (χ0n) is 16.5. The van der Waals surface area contributed by atoms with Crippen molar-refractivity contribution < 1.29 is 9.31 Å². The summed E-state index contributed by atoms with van der Waals surface area (Å²) >= 11 is 0. The highest BCUT2D eigenvalue weighted by Crippen LogP contribution is 2.36. The lowest BCUT2D eigenvalue weighted by Gasteiger charge is -2.32. The molecule has 25 heavy (non-hydrogen) atoms. The Morgan fingerprint density at radius 3 is 2.08 bits per heavy atom. The van der Waals surface area contributed by atoms with Crippen molar-refractivity contribution in [2.24, 2.45) is 0 Å². The third-order valence-electron chi connectivity index (χ3n) is 5.34. The fraction of sp³-hybridized carbons (Fsp3) is 0.550. The highest BCUT2D eigenvalue weighted by atomic mass is 16.7. The first-order chi connectivity index (χ1) is 11.5. The van der Waals surface area contributed by atoms with E-state index in [0.29, 0.717) is 0 Å². The van der Waals surface area contributed by atoms with Crippen LogP contribution in [0.5, 0.6) is 0 Å². The van der Waals surface area contributed by atoms with Crippen LogP contribution in [0.25, 0.3) is 0 Å². The molecule has 1 aromatic heterocycles. The number of hydrogen-bond acceptors (Lipinski definition) is 3. The van der Waals surface area contributed by atoms with Crippen LogP contribution in [-0.4, -0.2) is 28.1 Å². The minimum atomic E-state index is -0.359. The van der Waals surface area contributed by atoms with E-state index < -0.39 is 0 Å². The fourth-order valence-corrected chi connectivity index (χ4v) is 2.86. The van der Waals surface area contributed by atoms with Crippen molar-refractivity contribution in [3.8, 4) is 0 Å². The Kier molecular flexibility index (Phi) is 4.37. The van der Waals surface area contributed by atoms with Gasteiger partial charge in [0.15, 0.2) is 0 Å². The average Bonchev–Trinajstić information content (AvgIpc) is 3.01. The Labute approximate surface area is 151 Å². The van der Waals surface area contributed by atoms with Gasteiger partial charge in [-0.05, 0) is 44.2 Å². The standard InChI is InChI=1S/C20H29BN2O2/c1-18(2,3)16-10-8-15(9-11-16)13-23-14-17(12-22-23)21-24-19(4,5)20(6,7)25-21/h8-12,14H,13H2,1-7H3. The molecule has 0 amide bonds. The minimum absolute atomic E-state index is 0.175. The second-order valence-corrected chi connectivity index (χ2v) is 9.01. The molecule has 4 nitrogen and oxygen atoms in total. The van der Waals surface area contributed by atoms with E-state index in [2.05, 4.69) is 77.8 Å². The summed E-state index contributed by atoms with van der Waals surface area (Å²) in [6.07, 6.45) is 3.85. The second-order valence-electron chi connectivity index (χ2n) is 9.01. The van der Waals surface area contributed by atoms with Crippen molar-refractivity contribution in [2.75, 3.05) is 0 Å². The van der Waals surface area contributed by atoms with Crippen LogP contribution in [0.2, 0.25) is 0 Å². The van der Waals surface area contributed by atoms with Crippen molar-refractivity contribution >= 4 is 12.6 Å². The number of rotatable bonds is 3. The topological polar surface area (TPSA) is 36.3 Å². The monoisotopic (exact) mass is 340 g/mol. The summed E-state index contributed by atoms with van der Waals surface area (Å²) in [5, 5.41) is 4.48. The largest absolute Gasteiger partial charge is 0.498 e. The molecule has 0 saturated carbocycles. The third-order valence-corrected chi connectivity index (χ3v) is 5.34. The van der Waals surface area contributed by atoms with Gasteiger partial charge in [0, 0.05) is 17.9 Å². The molecule has 2 heterocycles. The van der Waals surface area contributed by atoms with Gasteiger partial charge in [-0.15, -0.1) is 0 Å². The molecule has 0 unspecified atom stereocenters. The maximum Gasteiger partial charge on any atom is 0.498 e. The minimum Gasteiger partial charge on any atom is -0.399 e. The van der Waals surface area contributed by atoms with Gasteiger partial charge in [-0.25, -0.2) is 0 Å². The second kappa shape index (κ2) is 5.99. The summed E-state index contributed by atoms with van der Waals surface area (Å²) in [5.41, 5.74) is 3.05. The summed E-state index contributed by atoms with van der Waals surface area (Å²) in [6.45, 7) is 15.7. The van der Waals surface area contributed by atoms with E-state index in [9.17, 15) is 0 Å². The predicted octanol–water partition coefficient (Wildman–Crippen LogP) is 3.53. The highest BCUT2D eigenvalue weighted by molar-refractivity contribution is 6.61. The lowest BCUT2D eigenvalue weighted by molar-refractivity contribution is 0.00578. The van der Waals surface area contributed by atoms with Gasteiger partial charge in [-0.3, -0.25) is 4.68 Å². The van der Waals surface area contributed by atoms with Crippen LogP contribution in [0, 0.1) is 0 Å². The van der Waals surface area contributed by atoms with Crippen LogP contribution in [0.4, 0.5) is 0 Å². The summed E-state index contributed by atoms with van der Waals surface area (Å²) in [4.78, 5) is 0. The normalized spacial score (nSPS) is 19.4. The van der Waals surface area contributed by atoms with Crippen LogP contribution in [-0.2, 0) is 21.3 Å². The Morgan fingerprint density at radius 2 is 1.56 bits per heavy atom. The van der Waals surface area contributed by atoms with E-state index in [4.69, 9.17) is 9.31 Å². The Hall–Kier alpha value is -1.59. The molecule has 1 fully saturated rings. The Morgan fingerprint density at radius 1 is 1.00 bits per heavy atom. The highest BCUT2D eigenvalue weighted by Gasteiger charge is 2.52. The van der Waals surface area contributed by atoms with Gasteiger partial charge >= 0.3 is 7.12 Å². The first-order valence-corrected chi connectivity index (χ1v) is 8.95. The van der Waals surface area contributed by atoms with Gasteiger partial charge in [0.25, 0.3) is 0 Å². The Balaban J connectivity index is 1.71. The fourth-order valence-electron chi connectivity index (χ4n) is 2.86. The van der Waals surface area contributed by atoms with Crippen LogP contribution in [0.1, 0.15) is 59.6 Å². The maximum atomic E-state index is 6.09. The summed E-state index contributed by atoms with van der Waals surface area (Å²) in [6, 6.07) is 8.76. The molecule has 0 radical (unpaired) electrons. The van der Waals surface area contributed by atoms with Crippen LogP contribution < -0.4 is 5.46 Å². The van der Waals surface area contributed by atoms with Gasteiger partial charge in [-0.1, -0.05) is 45.0 Å². The molecule has 0 bridgehead atoms. The smallest absolute Gasteiger partial charge is 0.399 e. The van der Waals surface area contributed by atoms with E-state index in [0.717, 1.165) is 12.0 Å². The zero-order valence-corrected chi connectivity index (χ0v) is 16.5. The number of aromatic nitrogens is 2. The van der Waals surface area contributed by atoms with E-state index in [1.54, 1.807) is 0 Å². The van der Waals surface area contributed by atoms with Gasteiger partial charge in [0.05, 0.1) is 17.7 Å². The molecule has 2 aromatic rings. The van der Waals surface area contributed by atoms with Crippen molar-refractivity contribution in [3.05, 3.63) is 47.8 Å². The molecule has 0 aliphatic carbocycles. The van der Waals surface area contributed by atoms with Crippen molar-refractivity contribution in [1.82, 2.24) is 9.78 Å². The molecule has 134 valence electrons. The van der Waals surface area contributed by atoms with Gasteiger partial charge in [0.2, 0.25) is 0 Å². The molecular formula is C20H29BN2O2. The molecular weight excluding hydrogens is 311 g/mol. The van der Waals surface area contributed by atoms with Gasteiger partial charge in [-0.2, -0.15) is 5.10 Å². The molecule has 1 aliphatic rings. The number of nitrogens with zero attached hydrogens (tertiary/aromatic N) is 2. The molecule has 0 N–H and O–H groups in total. The zero-order chi connectivity index (χ0) is 18.5. The molecule has 5 heteroatoms.